The summed E-state index contributed by atoms with van der Waals surface area (Å²) in [6.45, 7) is 7.27. The molecule has 6 nitrogen and oxygen atoms in total. The van der Waals surface area contributed by atoms with Crippen LogP contribution in [0.5, 0.6) is 0 Å². The molecule has 0 amide bonds. The molecule has 0 saturated carbocycles. The van der Waals surface area contributed by atoms with Gasteiger partial charge in [-0.2, -0.15) is 0 Å². The van der Waals surface area contributed by atoms with E-state index in [0.717, 1.165) is 18.7 Å². The van der Waals surface area contributed by atoms with Crippen LogP contribution in [-0.4, -0.2) is 22.9 Å². The van der Waals surface area contributed by atoms with E-state index in [1.807, 2.05) is 6.07 Å². The molecule has 3 N–H and O–H groups in total. The molecule has 0 aliphatic carbocycles. The van der Waals surface area contributed by atoms with E-state index < -0.39 is 4.92 Å². The molecule has 1 fully saturated rings. The number of nitrogens with two attached hydrogens (primary N) is 1. The Labute approximate surface area is 125 Å². The molecule has 0 aromatic heterocycles. The molecular weight excluding hydrogens is 268 g/mol. The number of rotatable bonds is 6. The molecule has 0 atom stereocenters. The third-order valence-electron chi connectivity index (χ3n) is 4.88. The first-order chi connectivity index (χ1) is 10.0. The van der Waals surface area contributed by atoms with E-state index in [0.29, 0.717) is 17.6 Å². The molecule has 116 valence electrons. The first-order valence-electron chi connectivity index (χ1n) is 7.50. The zero-order valence-electron chi connectivity index (χ0n) is 12.8. The van der Waals surface area contributed by atoms with E-state index in [4.69, 9.17) is 5.84 Å². The molecule has 0 spiro atoms. The van der Waals surface area contributed by atoms with Gasteiger partial charge in [0.25, 0.3) is 5.69 Å². The molecule has 0 bridgehead atoms. The predicted molar refractivity (Wildman–Crippen MR) is 83.8 cm³/mol. The summed E-state index contributed by atoms with van der Waals surface area (Å²) in [7, 11) is 0. The predicted octanol–water partition coefficient (Wildman–Crippen LogP) is 2.89. The highest BCUT2D eigenvalue weighted by Gasteiger charge is 2.35. The average molecular weight is 292 g/mol. The molecule has 21 heavy (non-hydrogen) atoms. The van der Waals surface area contributed by atoms with E-state index in [1.54, 1.807) is 6.07 Å². The van der Waals surface area contributed by atoms with Crippen LogP contribution in [0.25, 0.3) is 0 Å². The van der Waals surface area contributed by atoms with Crippen LogP contribution in [0.4, 0.5) is 11.4 Å². The second-order valence-corrected chi connectivity index (χ2v) is 5.88. The van der Waals surface area contributed by atoms with Crippen LogP contribution >= 0.6 is 0 Å². The van der Waals surface area contributed by atoms with Gasteiger partial charge >= 0.3 is 0 Å². The third-order valence-corrected chi connectivity index (χ3v) is 4.88. The lowest BCUT2D eigenvalue weighted by Crippen LogP contribution is -2.26. The molecule has 6 heteroatoms. The highest BCUT2D eigenvalue weighted by Crippen LogP contribution is 2.38. The van der Waals surface area contributed by atoms with Gasteiger partial charge in [0.05, 0.1) is 4.92 Å². The number of nitrogens with one attached hydrogen (secondary N) is 1. The topological polar surface area (TPSA) is 84.4 Å². The second kappa shape index (κ2) is 6.41. The van der Waals surface area contributed by atoms with Gasteiger partial charge in [-0.15, -0.1) is 0 Å². The normalized spacial score (nSPS) is 17.9. The van der Waals surface area contributed by atoms with Crippen molar-refractivity contribution >= 4 is 11.4 Å². The van der Waals surface area contributed by atoms with Crippen LogP contribution in [0.1, 0.15) is 38.7 Å². The van der Waals surface area contributed by atoms with Crippen molar-refractivity contribution in [3.63, 3.8) is 0 Å². The van der Waals surface area contributed by atoms with Crippen molar-refractivity contribution in [1.29, 1.82) is 0 Å². The molecule has 1 heterocycles. The molecule has 0 unspecified atom stereocenters. The van der Waals surface area contributed by atoms with Crippen LogP contribution in [-0.2, 0) is 6.54 Å². The van der Waals surface area contributed by atoms with Crippen molar-refractivity contribution in [3.8, 4) is 0 Å². The van der Waals surface area contributed by atoms with E-state index in [9.17, 15) is 10.1 Å². The molecule has 1 aliphatic rings. The van der Waals surface area contributed by atoms with Crippen LogP contribution < -0.4 is 11.3 Å². The Hall–Kier alpha value is -1.66. The van der Waals surface area contributed by atoms with Crippen molar-refractivity contribution < 1.29 is 4.92 Å². The number of nitrogens with zero attached hydrogens (tertiary/aromatic N) is 2. The Morgan fingerprint density at radius 3 is 2.67 bits per heavy atom. The Morgan fingerprint density at radius 2 is 2.14 bits per heavy atom. The number of hydrogen-bond acceptors (Lipinski definition) is 5. The summed E-state index contributed by atoms with van der Waals surface area (Å²) < 4.78 is 0. The van der Waals surface area contributed by atoms with Crippen LogP contribution in [0.2, 0.25) is 0 Å². The van der Waals surface area contributed by atoms with Gasteiger partial charge in [0, 0.05) is 19.2 Å². The largest absolute Gasteiger partial charge is 0.318 e. The standard InChI is InChI=1S/C15H24N4O2/c1-3-15(4-2)8-9-18(11-15)10-12-6-5-7-13(19(20)21)14(12)17-16/h5-7,17H,3-4,8-11,16H2,1-2H3. The number of nitrogen functional groups attached to an aromatic ring is 1. The van der Waals surface area contributed by atoms with Crippen molar-refractivity contribution in [2.75, 3.05) is 18.5 Å². The summed E-state index contributed by atoms with van der Waals surface area (Å²) in [6, 6.07) is 5.10. The van der Waals surface area contributed by atoms with Crippen LogP contribution in [0, 0.1) is 15.5 Å². The van der Waals surface area contributed by atoms with Crippen LogP contribution in [0.3, 0.4) is 0 Å². The number of para-hydroxylation sites is 1. The minimum atomic E-state index is -0.398. The smallest absolute Gasteiger partial charge is 0.293 e. The summed E-state index contributed by atoms with van der Waals surface area (Å²) in [5.41, 5.74) is 4.24. The monoisotopic (exact) mass is 292 g/mol. The van der Waals surface area contributed by atoms with Crippen molar-refractivity contribution in [2.24, 2.45) is 11.3 Å². The van der Waals surface area contributed by atoms with Gasteiger partial charge in [-0.05, 0) is 36.8 Å². The van der Waals surface area contributed by atoms with Gasteiger partial charge in [0.2, 0.25) is 0 Å². The summed E-state index contributed by atoms with van der Waals surface area (Å²) >= 11 is 0. The molecule has 1 aromatic carbocycles. The number of likely N-dealkylation sites (tertiary alicyclic amines) is 1. The fraction of sp³-hybridized carbons (Fsp3) is 0.600. The minimum Gasteiger partial charge on any atom is -0.318 e. The van der Waals surface area contributed by atoms with Gasteiger partial charge in [-0.1, -0.05) is 26.0 Å². The Bertz CT molecular complexity index is 514. The second-order valence-electron chi connectivity index (χ2n) is 5.88. The number of hydrazine groups is 1. The molecule has 0 radical (unpaired) electrons. The van der Waals surface area contributed by atoms with Gasteiger partial charge in [0.15, 0.2) is 0 Å². The zero-order chi connectivity index (χ0) is 15.5. The molecular formula is C15H24N4O2. The lowest BCUT2D eigenvalue weighted by atomic mass is 9.82. The lowest BCUT2D eigenvalue weighted by Gasteiger charge is -2.26. The van der Waals surface area contributed by atoms with Gasteiger partial charge in [-0.3, -0.25) is 20.9 Å². The van der Waals surface area contributed by atoms with Crippen molar-refractivity contribution in [2.45, 2.75) is 39.7 Å². The number of anilines is 1. The SMILES string of the molecule is CCC1(CC)CCN(Cc2cccc([N+](=O)[O-])c2NN)C1. The van der Waals surface area contributed by atoms with Crippen LogP contribution in [0.15, 0.2) is 18.2 Å². The van der Waals surface area contributed by atoms with E-state index >= 15 is 0 Å². The quantitative estimate of drug-likeness (QED) is 0.478. The highest BCUT2D eigenvalue weighted by atomic mass is 16.6. The number of nitro benzene ring substituents is 1. The summed E-state index contributed by atoms with van der Waals surface area (Å²) in [6.07, 6.45) is 3.55. The Balaban J connectivity index is 2.18. The average Bonchev–Trinajstić information content (AvgIpc) is 2.91. The minimum absolute atomic E-state index is 0.0337. The Kier molecular flexibility index (Phi) is 4.80. The number of hydrogen-bond donors (Lipinski definition) is 2. The van der Waals surface area contributed by atoms with Crippen molar-refractivity contribution in [3.05, 3.63) is 33.9 Å². The zero-order valence-corrected chi connectivity index (χ0v) is 12.8. The molecule has 1 aliphatic heterocycles. The fourth-order valence-electron chi connectivity index (χ4n) is 3.27. The number of nitro groups is 1. The Morgan fingerprint density at radius 1 is 1.43 bits per heavy atom. The molecule has 2 rings (SSSR count). The van der Waals surface area contributed by atoms with E-state index in [2.05, 4.69) is 24.2 Å². The van der Waals surface area contributed by atoms with E-state index in [-0.39, 0.29) is 5.69 Å². The lowest BCUT2D eigenvalue weighted by molar-refractivity contribution is -0.384. The third kappa shape index (κ3) is 3.16. The summed E-state index contributed by atoms with van der Waals surface area (Å²) in [4.78, 5) is 13.0. The number of benzene rings is 1. The maximum Gasteiger partial charge on any atom is 0.293 e. The van der Waals surface area contributed by atoms with E-state index in [1.165, 1.54) is 25.3 Å². The van der Waals surface area contributed by atoms with Gasteiger partial charge < -0.3 is 5.43 Å². The summed E-state index contributed by atoms with van der Waals surface area (Å²) in [5, 5.41) is 11.1. The van der Waals surface area contributed by atoms with Crippen molar-refractivity contribution in [1.82, 2.24) is 4.90 Å². The van der Waals surface area contributed by atoms with Gasteiger partial charge in [-0.25, -0.2) is 0 Å². The molecule has 1 aromatic rings. The first kappa shape index (κ1) is 15.7. The highest BCUT2D eigenvalue weighted by molar-refractivity contribution is 5.65. The maximum absolute atomic E-state index is 11.1. The molecule has 1 saturated heterocycles. The fourth-order valence-corrected chi connectivity index (χ4v) is 3.27. The van der Waals surface area contributed by atoms with Gasteiger partial charge in [0.1, 0.15) is 5.69 Å². The summed E-state index contributed by atoms with van der Waals surface area (Å²) in [5.74, 6) is 5.50. The first-order valence-corrected chi connectivity index (χ1v) is 7.50. The maximum atomic E-state index is 11.1.